The molecule has 1 aliphatic rings. The van der Waals surface area contributed by atoms with Crippen molar-refractivity contribution in [1.82, 2.24) is 24.3 Å². The van der Waals surface area contributed by atoms with Crippen molar-refractivity contribution in [3.05, 3.63) is 77.6 Å². The van der Waals surface area contributed by atoms with Crippen molar-refractivity contribution in [3.63, 3.8) is 0 Å². The molecule has 2 aromatic heterocycles. The molecule has 1 aliphatic heterocycles. The van der Waals surface area contributed by atoms with Crippen LogP contribution >= 0.6 is 0 Å². The maximum absolute atomic E-state index is 13.8. The zero-order valence-corrected chi connectivity index (χ0v) is 18.9. The number of rotatable bonds is 4. The van der Waals surface area contributed by atoms with Crippen LogP contribution < -0.4 is 4.74 Å². The van der Waals surface area contributed by atoms with E-state index in [9.17, 15) is 13.2 Å². The number of aromatic nitrogens is 5. The topological polar surface area (TPSA) is 57.8 Å². The van der Waals surface area contributed by atoms with E-state index in [1.807, 2.05) is 35.9 Å². The highest BCUT2D eigenvalue weighted by molar-refractivity contribution is 5.63. The summed E-state index contributed by atoms with van der Waals surface area (Å²) in [5.74, 6) is 1.19. The highest BCUT2D eigenvalue weighted by Gasteiger charge is 2.37. The summed E-state index contributed by atoms with van der Waals surface area (Å²) in [4.78, 5) is 9.02. The fraction of sp³-hybridized carbons (Fsp3) is 0.320. The molecule has 0 fully saturated rings. The first-order chi connectivity index (χ1) is 16.3. The molecule has 2 aromatic carbocycles. The first kappa shape index (κ1) is 22.2. The van der Waals surface area contributed by atoms with Crippen molar-refractivity contribution < 1.29 is 17.9 Å². The molecule has 0 radical (unpaired) electrons. The van der Waals surface area contributed by atoms with Crippen LogP contribution in [0, 0.1) is 6.92 Å². The van der Waals surface area contributed by atoms with Crippen molar-refractivity contribution >= 4 is 0 Å². The number of methoxy groups -OCH3 is 1. The average Bonchev–Trinajstić information content (AvgIpc) is 3.39. The first-order valence-electron chi connectivity index (χ1n) is 11.2. The molecule has 0 amide bonds. The van der Waals surface area contributed by atoms with Crippen LogP contribution in [0.3, 0.4) is 0 Å². The summed E-state index contributed by atoms with van der Waals surface area (Å²) in [6, 6.07) is 11.4. The van der Waals surface area contributed by atoms with E-state index in [2.05, 4.69) is 10.1 Å². The molecule has 5 rings (SSSR count). The highest BCUT2D eigenvalue weighted by atomic mass is 19.4. The number of benzene rings is 2. The van der Waals surface area contributed by atoms with Gasteiger partial charge in [-0.05, 0) is 49.6 Å². The Morgan fingerprint density at radius 3 is 2.65 bits per heavy atom. The van der Waals surface area contributed by atoms with E-state index in [0.717, 1.165) is 35.9 Å². The zero-order chi connectivity index (χ0) is 23.9. The fourth-order valence-electron chi connectivity index (χ4n) is 4.57. The number of imidazole rings is 1. The number of hydrogen-bond acceptors (Lipinski definition) is 4. The second-order valence-corrected chi connectivity index (χ2v) is 8.46. The van der Waals surface area contributed by atoms with E-state index < -0.39 is 17.7 Å². The van der Waals surface area contributed by atoms with E-state index >= 15 is 0 Å². The number of hydrogen-bond donors (Lipinski definition) is 0. The van der Waals surface area contributed by atoms with Gasteiger partial charge in [-0.2, -0.15) is 18.3 Å². The predicted octanol–water partition coefficient (Wildman–Crippen LogP) is 5.78. The van der Waals surface area contributed by atoms with Crippen LogP contribution in [0.4, 0.5) is 13.2 Å². The van der Waals surface area contributed by atoms with Gasteiger partial charge in [0.15, 0.2) is 5.82 Å². The molecule has 3 heterocycles. The first-order valence-corrected chi connectivity index (χ1v) is 11.2. The van der Waals surface area contributed by atoms with Crippen molar-refractivity contribution in [3.8, 4) is 22.8 Å². The van der Waals surface area contributed by atoms with Crippen LogP contribution in [0.2, 0.25) is 0 Å². The van der Waals surface area contributed by atoms with Gasteiger partial charge < -0.3 is 9.30 Å². The molecule has 4 aromatic rings. The molecule has 0 aliphatic carbocycles. The fourth-order valence-corrected chi connectivity index (χ4v) is 4.57. The van der Waals surface area contributed by atoms with Gasteiger partial charge in [-0.3, -0.25) is 0 Å². The van der Waals surface area contributed by atoms with Crippen molar-refractivity contribution in [1.29, 1.82) is 0 Å². The second kappa shape index (κ2) is 8.62. The molecule has 0 saturated heterocycles. The Hall–Kier alpha value is -3.62. The minimum absolute atomic E-state index is 0.250. The molecule has 1 atom stereocenters. The van der Waals surface area contributed by atoms with Crippen molar-refractivity contribution in [2.75, 3.05) is 7.11 Å². The minimum atomic E-state index is -4.43. The van der Waals surface area contributed by atoms with Gasteiger partial charge in [0.05, 0.1) is 30.4 Å². The summed E-state index contributed by atoms with van der Waals surface area (Å²) in [5, 5.41) is 4.68. The van der Waals surface area contributed by atoms with Gasteiger partial charge in [-0.25, -0.2) is 14.6 Å². The maximum atomic E-state index is 13.8. The molecular formula is C25H24F3N5O. The third-order valence-electron chi connectivity index (χ3n) is 6.19. The molecule has 6 nitrogen and oxygen atoms in total. The zero-order valence-electron chi connectivity index (χ0n) is 18.9. The van der Waals surface area contributed by atoms with Crippen LogP contribution in [0.15, 0.2) is 55.0 Å². The SMILES string of the molecule is COc1cc(-c2nc3n(n2)CCCCC3c2ccccc2C(F)(F)F)ccc1-n1cnc(C)c1. The monoisotopic (exact) mass is 467 g/mol. The molecule has 1 unspecified atom stereocenters. The summed E-state index contributed by atoms with van der Waals surface area (Å²) in [6.45, 7) is 2.53. The molecule has 9 heteroatoms. The Morgan fingerprint density at radius 1 is 1.09 bits per heavy atom. The smallest absolute Gasteiger partial charge is 0.416 e. The van der Waals surface area contributed by atoms with Crippen LogP contribution in [-0.4, -0.2) is 31.4 Å². The summed E-state index contributed by atoms with van der Waals surface area (Å²) < 4.78 is 50.5. The highest BCUT2D eigenvalue weighted by Crippen LogP contribution is 2.40. The molecule has 34 heavy (non-hydrogen) atoms. The Labute approximate surface area is 195 Å². The molecule has 0 spiro atoms. The lowest BCUT2D eigenvalue weighted by atomic mass is 9.89. The Kier molecular flexibility index (Phi) is 5.63. The van der Waals surface area contributed by atoms with E-state index in [4.69, 9.17) is 9.72 Å². The van der Waals surface area contributed by atoms with Crippen LogP contribution in [0.5, 0.6) is 5.75 Å². The molecule has 0 bridgehead atoms. The second-order valence-electron chi connectivity index (χ2n) is 8.46. The van der Waals surface area contributed by atoms with Crippen LogP contribution in [0.25, 0.3) is 17.1 Å². The lowest BCUT2D eigenvalue weighted by Gasteiger charge is -2.19. The molecular weight excluding hydrogens is 443 g/mol. The predicted molar refractivity (Wildman–Crippen MR) is 121 cm³/mol. The summed E-state index contributed by atoms with van der Waals surface area (Å²) in [6.07, 6.45) is 1.43. The number of alkyl halides is 3. The summed E-state index contributed by atoms with van der Waals surface area (Å²) in [7, 11) is 1.59. The number of halogens is 3. The maximum Gasteiger partial charge on any atom is 0.416 e. The van der Waals surface area contributed by atoms with Gasteiger partial charge in [0, 0.05) is 24.2 Å². The Morgan fingerprint density at radius 2 is 1.91 bits per heavy atom. The summed E-state index contributed by atoms with van der Waals surface area (Å²) in [5.41, 5.74) is 2.08. The van der Waals surface area contributed by atoms with Gasteiger partial charge in [-0.1, -0.05) is 24.6 Å². The number of nitrogens with zero attached hydrogens (tertiary/aromatic N) is 5. The van der Waals surface area contributed by atoms with Crippen LogP contribution in [-0.2, 0) is 12.7 Å². The van der Waals surface area contributed by atoms with Gasteiger partial charge in [-0.15, -0.1) is 0 Å². The third-order valence-corrected chi connectivity index (χ3v) is 6.19. The molecule has 176 valence electrons. The lowest BCUT2D eigenvalue weighted by molar-refractivity contribution is -0.138. The van der Waals surface area contributed by atoms with Crippen molar-refractivity contribution in [2.45, 2.75) is 44.8 Å². The van der Waals surface area contributed by atoms with E-state index in [1.54, 1.807) is 30.3 Å². The van der Waals surface area contributed by atoms with Gasteiger partial charge in [0.1, 0.15) is 11.6 Å². The Balaban J connectivity index is 1.57. The van der Waals surface area contributed by atoms with Gasteiger partial charge >= 0.3 is 6.18 Å². The Bertz CT molecular complexity index is 1320. The standard InChI is InChI=1S/C25H24F3N5O/c1-16-14-32(15-29-16)21-11-10-17(13-22(21)34-2)23-30-24-19(8-5-6-12-33(24)31-23)18-7-3-4-9-20(18)25(26,27)28/h3-4,7,9-11,13-15,19H,5-6,8,12H2,1-2H3. The normalized spacial score (nSPS) is 16.2. The third kappa shape index (κ3) is 4.06. The number of fused-ring (bicyclic) bond motifs is 1. The lowest BCUT2D eigenvalue weighted by Crippen LogP contribution is -2.15. The molecule has 0 saturated carbocycles. The quantitative estimate of drug-likeness (QED) is 0.382. The van der Waals surface area contributed by atoms with E-state index in [-0.39, 0.29) is 5.56 Å². The summed E-state index contributed by atoms with van der Waals surface area (Å²) >= 11 is 0. The minimum Gasteiger partial charge on any atom is -0.495 e. The number of ether oxygens (including phenoxy) is 1. The molecule has 0 N–H and O–H groups in total. The average molecular weight is 467 g/mol. The van der Waals surface area contributed by atoms with Crippen molar-refractivity contribution in [2.24, 2.45) is 0 Å². The van der Waals surface area contributed by atoms with E-state index in [0.29, 0.717) is 30.4 Å². The number of aryl methyl sites for hydroxylation is 2. The van der Waals surface area contributed by atoms with E-state index in [1.165, 1.54) is 6.07 Å². The largest absolute Gasteiger partial charge is 0.495 e. The van der Waals surface area contributed by atoms with Gasteiger partial charge in [0.2, 0.25) is 0 Å². The van der Waals surface area contributed by atoms with Crippen LogP contribution in [0.1, 0.15) is 47.8 Å². The van der Waals surface area contributed by atoms with Gasteiger partial charge in [0.25, 0.3) is 0 Å².